The number of methoxy groups -OCH3 is 1. The van der Waals surface area contributed by atoms with Crippen molar-refractivity contribution in [2.24, 2.45) is 0 Å². The molecule has 1 heterocycles. The zero-order valence-electron chi connectivity index (χ0n) is 11.0. The third-order valence-corrected chi connectivity index (χ3v) is 3.75. The Morgan fingerprint density at radius 2 is 2.28 bits per heavy atom. The maximum atomic E-state index is 6.14. The van der Waals surface area contributed by atoms with Crippen molar-refractivity contribution < 1.29 is 4.74 Å². The number of halogens is 1. The number of hydrogen-bond acceptors (Lipinski definition) is 4. The number of nitrogens with one attached hydrogen (secondary N) is 1. The van der Waals surface area contributed by atoms with Crippen LogP contribution >= 0.6 is 23.4 Å². The zero-order chi connectivity index (χ0) is 13.2. The molecule has 3 nitrogen and oxygen atoms in total. The van der Waals surface area contributed by atoms with Crippen LogP contribution in [0.3, 0.4) is 0 Å². The Bertz CT molecular complexity index is 350. The highest BCUT2D eigenvalue weighted by molar-refractivity contribution is 7.98. The predicted octanol–water partition coefficient (Wildman–Crippen LogP) is 3.83. The first kappa shape index (κ1) is 15.6. The summed E-state index contributed by atoms with van der Waals surface area (Å²) in [6.45, 7) is 3.89. The van der Waals surface area contributed by atoms with Crippen molar-refractivity contribution in [2.75, 3.05) is 31.3 Å². The monoisotopic (exact) mass is 288 g/mol. The number of hydrogen-bond donors (Lipinski definition) is 1. The summed E-state index contributed by atoms with van der Waals surface area (Å²) in [6, 6.07) is 3.84. The first-order valence-electron chi connectivity index (χ1n) is 6.24. The molecule has 1 aromatic rings. The van der Waals surface area contributed by atoms with Crippen molar-refractivity contribution >= 4 is 29.2 Å². The molecule has 0 aromatic carbocycles. The molecule has 102 valence electrons. The minimum atomic E-state index is 0.747. The smallest absolute Gasteiger partial charge is 0.126 e. The Morgan fingerprint density at radius 3 is 3.00 bits per heavy atom. The fraction of sp³-hybridized carbons (Fsp3) is 0.615. The van der Waals surface area contributed by atoms with E-state index in [-0.39, 0.29) is 0 Å². The lowest BCUT2D eigenvalue weighted by atomic mass is 10.3. The van der Waals surface area contributed by atoms with E-state index in [4.69, 9.17) is 16.3 Å². The van der Waals surface area contributed by atoms with Crippen LogP contribution in [0.25, 0.3) is 0 Å². The molecule has 0 saturated heterocycles. The van der Waals surface area contributed by atoms with Crippen LogP contribution < -0.4 is 5.32 Å². The quantitative estimate of drug-likeness (QED) is 0.700. The van der Waals surface area contributed by atoms with Crippen LogP contribution in [0.5, 0.6) is 0 Å². The number of anilines is 1. The molecule has 0 aliphatic carbocycles. The topological polar surface area (TPSA) is 34.1 Å². The molecule has 0 atom stereocenters. The maximum absolute atomic E-state index is 6.14. The summed E-state index contributed by atoms with van der Waals surface area (Å²) in [5, 5.41) is 4.02. The summed E-state index contributed by atoms with van der Waals surface area (Å²) >= 11 is 7.98. The SMILES string of the molecule is CCCNc1ccc(Cl)c(CSCCCOC)n1. The third-order valence-electron chi connectivity index (χ3n) is 2.35. The van der Waals surface area contributed by atoms with E-state index in [9.17, 15) is 0 Å². The molecule has 1 N–H and O–H groups in total. The van der Waals surface area contributed by atoms with Gasteiger partial charge in [0, 0.05) is 26.0 Å². The lowest BCUT2D eigenvalue weighted by Gasteiger charge is -2.08. The van der Waals surface area contributed by atoms with Crippen LogP contribution in [0, 0.1) is 0 Å². The van der Waals surface area contributed by atoms with E-state index in [0.717, 1.165) is 54.0 Å². The van der Waals surface area contributed by atoms with Gasteiger partial charge in [0.2, 0.25) is 0 Å². The molecule has 18 heavy (non-hydrogen) atoms. The number of pyridine rings is 1. The summed E-state index contributed by atoms with van der Waals surface area (Å²) in [5.41, 5.74) is 0.959. The fourth-order valence-electron chi connectivity index (χ4n) is 1.41. The van der Waals surface area contributed by atoms with Crippen molar-refractivity contribution in [3.8, 4) is 0 Å². The van der Waals surface area contributed by atoms with Crippen molar-refractivity contribution in [3.05, 3.63) is 22.8 Å². The van der Waals surface area contributed by atoms with Gasteiger partial charge in [-0.3, -0.25) is 0 Å². The highest BCUT2D eigenvalue weighted by atomic mass is 35.5. The van der Waals surface area contributed by atoms with Crippen LogP contribution in [0.2, 0.25) is 5.02 Å². The molecule has 0 unspecified atom stereocenters. The molecule has 1 aromatic heterocycles. The average Bonchev–Trinajstić information content (AvgIpc) is 2.39. The van der Waals surface area contributed by atoms with E-state index >= 15 is 0 Å². The summed E-state index contributed by atoms with van der Waals surface area (Å²) in [4.78, 5) is 4.53. The van der Waals surface area contributed by atoms with Gasteiger partial charge in [0.1, 0.15) is 5.82 Å². The zero-order valence-corrected chi connectivity index (χ0v) is 12.6. The van der Waals surface area contributed by atoms with E-state index in [2.05, 4.69) is 17.2 Å². The highest BCUT2D eigenvalue weighted by Crippen LogP contribution is 2.21. The molecule has 0 spiro atoms. The number of aromatic nitrogens is 1. The lowest BCUT2D eigenvalue weighted by Crippen LogP contribution is -2.03. The van der Waals surface area contributed by atoms with Gasteiger partial charge in [-0.05, 0) is 30.7 Å². The lowest BCUT2D eigenvalue weighted by molar-refractivity contribution is 0.200. The van der Waals surface area contributed by atoms with E-state index < -0.39 is 0 Å². The van der Waals surface area contributed by atoms with Gasteiger partial charge < -0.3 is 10.1 Å². The molecule has 1 rings (SSSR count). The third kappa shape index (κ3) is 5.94. The summed E-state index contributed by atoms with van der Waals surface area (Å²) < 4.78 is 5.02. The first-order chi connectivity index (χ1) is 8.77. The van der Waals surface area contributed by atoms with Crippen molar-refractivity contribution in [3.63, 3.8) is 0 Å². The molecule has 5 heteroatoms. The number of rotatable bonds is 9. The van der Waals surface area contributed by atoms with Crippen molar-refractivity contribution in [1.82, 2.24) is 4.98 Å². The van der Waals surface area contributed by atoms with E-state index in [0.29, 0.717) is 0 Å². The average molecular weight is 289 g/mol. The summed E-state index contributed by atoms with van der Waals surface area (Å²) in [6.07, 6.45) is 2.15. The van der Waals surface area contributed by atoms with E-state index in [1.807, 2.05) is 23.9 Å². The highest BCUT2D eigenvalue weighted by Gasteiger charge is 2.04. The van der Waals surface area contributed by atoms with Gasteiger partial charge in [-0.1, -0.05) is 18.5 Å². The van der Waals surface area contributed by atoms with E-state index in [1.54, 1.807) is 7.11 Å². The fourth-order valence-corrected chi connectivity index (χ4v) is 2.54. The second kappa shape index (κ2) is 9.48. The van der Waals surface area contributed by atoms with Gasteiger partial charge in [0.25, 0.3) is 0 Å². The van der Waals surface area contributed by atoms with Crippen LogP contribution in [0.1, 0.15) is 25.5 Å². The Morgan fingerprint density at radius 1 is 1.44 bits per heavy atom. The molecule has 0 aliphatic rings. The largest absolute Gasteiger partial charge is 0.385 e. The van der Waals surface area contributed by atoms with Gasteiger partial charge in [-0.2, -0.15) is 11.8 Å². The molecule has 0 aliphatic heterocycles. The molecule has 0 radical (unpaired) electrons. The Hall–Kier alpha value is -0.450. The van der Waals surface area contributed by atoms with Crippen LogP contribution in [0.15, 0.2) is 12.1 Å². The minimum absolute atomic E-state index is 0.747. The van der Waals surface area contributed by atoms with E-state index in [1.165, 1.54) is 0 Å². The van der Waals surface area contributed by atoms with Crippen LogP contribution in [0.4, 0.5) is 5.82 Å². The van der Waals surface area contributed by atoms with Gasteiger partial charge in [-0.15, -0.1) is 0 Å². The molecule has 0 fully saturated rings. The van der Waals surface area contributed by atoms with Crippen LogP contribution in [-0.4, -0.2) is 31.0 Å². The molecule has 0 bridgehead atoms. The summed E-state index contributed by atoms with van der Waals surface area (Å²) in [5.74, 6) is 2.83. The first-order valence-corrected chi connectivity index (χ1v) is 7.77. The minimum Gasteiger partial charge on any atom is -0.385 e. The van der Waals surface area contributed by atoms with Crippen molar-refractivity contribution in [1.29, 1.82) is 0 Å². The van der Waals surface area contributed by atoms with Gasteiger partial charge in [0.05, 0.1) is 10.7 Å². The maximum Gasteiger partial charge on any atom is 0.126 e. The molecular weight excluding hydrogens is 268 g/mol. The predicted molar refractivity (Wildman–Crippen MR) is 80.7 cm³/mol. The van der Waals surface area contributed by atoms with Crippen LogP contribution in [-0.2, 0) is 10.5 Å². The standard InChI is InChI=1S/C13H21ClN2OS/c1-3-7-15-13-6-5-11(14)12(16-13)10-18-9-4-8-17-2/h5-6H,3-4,7-10H2,1-2H3,(H,15,16). The molecule has 0 saturated carbocycles. The van der Waals surface area contributed by atoms with Gasteiger partial charge in [-0.25, -0.2) is 4.98 Å². The Labute approximate surface area is 119 Å². The molecule has 0 amide bonds. The Balaban J connectivity index is 2.42. The van der Waals surface area contributed by atoms with Gasteiger partial charge >= 0.3 is 0 Å². The number of ether oxygens (including phenoxy) is 1. The second-order valence-electron chi connectivity index (χ2n) is 3.95. The number of nitrogens with zero attached hydrogens (tertiary/aromatic N) is 1. The Kier molecular flexibility index (Phi) is 8.22. The van der Waals surface area contributed by atoms with Gasteiger partial charge in [0.15, 0.2) is 0 Å². The second-order valence-corrected chi connectivity index (χ2v) is 5.46. The van der Waals surface area contributed by atoms with Crippen molar-refractivity contribution in [2.45, 2.75) is 25.5 Å². The number of thioether (sulfide) groups is 1. The molecular formula is C13H21ClN2OS. The summed E-state index contributed by atoms with van der Waals surface area (Å²) in [7, 11) is 1.73. The normalized spacial score (nSPS) is 10.6.